The Bertz CT molecular complexity index is 3900. The number of carbonyl (C=O) groups excluding carboxylic acids is 3. The van der Waals surface area contributed by atoms with Crippen LogP contribution >= 0.6 is 0 Å². The second kappa shape index (κ2) is 22.2. The number of amides is 3. The Morgan fingerprint density at radius 3 is 1.79 bits per heavy atom. The number of nitrogens with zero attached hydrogens (tertiary/aromatic N) is 3. The number of imide groups is 1. The van der Waals surface area contributed by atoms with Crippen LogP contribution in [0, 0.1) is 0 Å². The molecule has 7 rings (SSSR count). The van der Waals surface area contributed by atoms with Crippen molar-refractivity contribution in [1.82, 2.24) is 10.2 Å². The number of hydrogen-bond donors (Lipinski definition) is 1. The van der Waals surface area contributed by atoms with Gasteiger partial charge in [0.25, 0.3) is 11.8 Å². The SMILES string of the molecule is COCCN1C(=CC=CC=CC2=[N+](CCCCCC(=O)NCCN3C(=O)C=CC3=O)c3ccc4c(S(=O)(=O)[O-])cc(S(=O)(=O)[O-])cc4c3C2(C)C)C(C)(CCCS(=O)(=O)[O-])c2c1ccc1c(S(=O)(=O)[O-])cc(S(=O)(=O)[O-])cc21. The van der Waals surface area contributed by atoms with Crippen LogP contribution in [-0.4, -0.2) is 143 Å². The normalized spacial score (nSPS) is 18.5. The van der Waals surface area contributed by atoms with E-state index in [4.69, 9.17) is 4.74 Å². The molecule has 1 N–H and O–H groups in total. The van der Waals surface area contributed by atoms with E-state index in [1.807, 2.05) is 4.58 Å². The van der Waals surface area contributed by atoms with Gasteiger partial charge in [0, 0.05) is 97.4 Å². The summed E-state index contributed by atoms with van der Waals surface area (Å²) in [6.07, 6.45) is 11.6. The van der Waals surface area contributed by atoms with Gasteiger partial charge < -0.3 is 37.7 Å². The zero-order chi connectivity index (χ0) is 57.6. The Labute approximate surface area is 451 Å². The maximum Gasteiger partial charge on any atom is 0.253 e. The molecule has 3 heterocycles. The number of rotatable bonds is 23. The third-order valence-corrected chi connectivity index (χ3v) is 18.1. The first-order chi connectivity index (χ1) is 36.2. The van der Waals surface area contributed by atoms with Gasteiger partial charge in [-0.3, -0.25) is 19.3 Å². The number of hydrogen-bond acceptors (Lipinski definition) is 20. The van der Waals surface area contributed by atoms with Gasteiger partial charge in [0.15, 0.2) is 5.71 Å². The van der Waals surface area contributed by atoms with Crippen molar-refractivity contribution in [3.8, 4) is 0 Å². The Morgan fingerprint density at radius 1 is 0.667 bits per heavy atom. The zero-order valence-corrected chi connectivity index (χ0v) is 46.4. The minimum atomic E-state index is -5.40. The zero-order valence-electron chi connectivity index (χ0n) is 42.3. The van der Waals surface area contributed by atoms with Gasteiger partial charge in [-0.15, -0.1) is 0 Å². The van der Waals surface area contributed by atoms with Crippen LogP contribution in [0.1, 0.15) is 70.4 Å². The van der Waals surface area contributed by atoms with Crippen molar-refractivity contribution in [1.29, 1.82) is 0 Å². The Morgan fingerprint density at radius 2 is 1.24 bits per heavy atom. The molecular weight excluding hydrogens is 1120 g/mol. The van der Waals surface area contributed by atoms with E-state index < -0.39 is 98.6 Å². The van der Waals surface area contributed by atoms with Crippen molar-refractivity contribution < 1.29 is 88.5 Å². The number of carbonyl (C=O) groups is 3. The Balaban J connectivity index is 1.29. The summed E-state index contributed by atoms with van der Waals surface area (Å²) < 4.78 is 193. The summed E-state index contributed by atoms with van der Waals surface area (Å²) in [7, 11) is -24.7. The molecule has 0 aliphatic carbocycles. The van der Waals surface area contributed by atoms with E-state index in [1.165, 1.54) is 25.3 Å². The molecule has 0 radical (unpaired) electrons. The largest absolute Gasteiger partial charge is 0.748 e. The molecule has 23 nitrogen and oxygen atoms in total. The van der Waals surface area contributed by atoms with E-state index in [0.29, 0.717) is 59.7 Å². The van der Waals surface area contributed by atoms with Crippen LogP contribution in [-0.2, 0) is 80.5 Å². The molecule has 0 saturated carbocycles. The topological polar surface area (TPSA) is 368 Å². The molecule has 1 atom stereocenters. The lowest BCUT2D eigenvalue weighted by Crippen LogP contribution is -2.38. The third kappa shape index (κ3) is 12.5. The van der Waals surface area contributed by atoms with Crippen LogP contribution in [0.4, 0.5) is 11.4 Å². The second-order valence-electron chi connectivity index (χ2n) is 19.4. The van der Waals surface area contributed by atoms with E-state index in [-0.39, 0.29) is 85.1 Å². The molecule has 28 heteroatoms. The standard InChI is InChI=1S/C50H56N4O19S5/c1-49(2)42(52(23-10-6-9-14-44(55)51-22-24-54-45(56)19-20-46(54)57)38-17-15-34-36(47(38)49)28-32(75(61,62)63)30-40(34)77(67,68)69)12-7-5-8-13-43-50(3,21-11-27-74(58,59)60)48-37-29-33(76(64,65)66)31-41(78(70,71)72)35(37)16-18-39(48)53(43)25-26-73-4/h5,7-8,12-13,15-20,28-31H,6,9-11,14,21-27H2,1-4H3,(H5-,51,55,58,59,60,61,62,63,64,65,66,67,68,69,70,71,72)/p-4. The molecule has 0 saturated heterocycles. The molecule has 78 heavy (non-hydrogen) atoms. The second-order valence-corrected chi connectivity index (χ2v) is 26.4. The number of anilines is 1. The summed E-state index contributed by atoms with van der Waals surface area (Å²) in [5.74, 6) is -2.09. The van der Waals surface area contributed by atoms with Gasteiger partial charge in [-0.2, -0.15) is 4.58 Å². The molecule has 3 aliphatic heterocycles. The number of fused-ring (bicyclic) bond motifs is 6. The fourth-order valence-electron chi connectivity index (χ4n) is 10.5. The summed E-state index contributed by atoms with van der Waals surface area (Å²) in [6, 6.07) is 8.65. The number of unbranched alkanes of at least 4 members (excludes halogenated alkanes) is 2. The lowest BCUT2D eigenvalue weighted by Gasteiger charge is -2.31. The Hall–Kier alpha value is -6.05. The van der Waals surface area contributed by atoms with Gasteiger partial charge in [0.1, 0.15) is 47.0 Å². The van der Waals surface area contributed by atoms with Crippen molar-refractivity contribution in [3.63, 3.8) is 0 Å². The van der Waals surface area contributed by atoms with Crippen molar-refractivity contribution in [2.45, 2.75) is 89.7 Å². The van der Waals surface area contributed by atoms with E-state index in [9.17, 15) is 79.2 Å². The molecule has 0 bridgehead atoms. The van der Waals surface area contributed by atoms with Crippen LogP contribution in [0.3, 0.4) is 0 Å². The van der Waals surface area contributed by atoms with Gasteiger partial charge in [0.05, 0.1) is 41.7 Å². The van der Waals surface area contributed by atoms with Crippen LogP contribution in [0.15, 0.2) is 116 Å². The van der Waals surface area contributed by atoms with Crippen molar-refractivity contribution in [2.24, 2.45) is 0 Å². The first-order valence-corrected chi connectivity index (χ1v) is 31.2. The van der Waals surface area contributed by atoms with Crippen LogP contribution in [0.25, 0.3) is 21.5 Å². The summed E-state index contributed by atoms with van der Waals surface area (Å²) >= 11 is 0. The van der Waals surface area contributed by atoms with Crippen LogP contribution in [0.2, 0.25) is 0 Å². The van der Waals surface area contributed by atoms with Crippen molar-refractivity contribution in [2.75, 3.05) is 50.5 Å². The fourth-order valence-corrected chi connectivity index (χ4v) is 13.6. The van der Waals surface area contributed by atoms with Crippen LogP contribution in [0.5, 0.6) is 0 Å². The minimum absolute atomic E-state index is 0.00394. The summed E-state index contributed by atoms with van der Waals surface area (Å²) in [5, 5.41) is 2.24. The first kappa shape index (κ1) is 59.6. The van der Waals surface area contributed by atoms with Gasteiger partial charge in [-0.25, -0.2) is 42.1 Å². The Kier molecular flexibility index (Phi) is 17.0. The quantitative estimate of drug-likeness (QED) is 0.0366. The number of methoxy groups -OCH3 is 1. The molecule has 420 valence electrons. The van der Waals surface area contributed by atoms with E-state index >= 15 is 0 Å². The first-order valence-electron chi connectivity index (χ1n) is 24.0. The number of ether oxygens (including phenoxy) is 1. The van der Waals surface area contributed by atoms with Crippen molar-refractivity contribution in [3.05, 3.63) is 108 Å². The summed E-state index contributed by atoms with van der Waals surface area (Å²) in [4.78, 5) is 35.3. The van der Waals surface area contributed by atoms with Gasteiger partial charge in [-0.1, -0.05) is 24.3 Å². The number of nitrogens with one attached hydrogen (secondary N) is 1. The van der Waals surface area contributed by atoms with E-state index in [2.05, 4.69) is 5.32 Å². The average Bonchev–Trinajstić information content (AvgIpc) is 4.01. The lowest BCUT2D eigenvalue weighted by molar-refractivity contribution is -0.438. The molecule has 3 amide bonds. The van der Waals surface area contributed by atoms with Crippen molar-refractivity contribution >= 4 is 107 Å². The van der Waals surface area contributed by atoms with Gasteiger partial charge >= 0.3 is 0 Å². The summed E-state index contributed by atoms with van der Waals surface area (Å²) in [5.41, 5.74) is -0.0616. The molecule has 4 aromatic carbocycles. The van der Waals surface area contributed by atoms with E-state index in [1.54, 1.807) is 62.1 Å². The summed E-state index contributed by atoms with van der Waals surface area (Å²) in [6.45, 7) is 5.68. The van der Waals surface area contributed by atoms with Gasteiger partial charge in [0.2, 0.25) is 11.6 Å². The van der Waals surface area contributed by atoms with Gasteiger partial charge in [-0.05, 0) is 111 Å². The lowest BCUT2D eigenvalue weighted by atomic mass is 9.75. The highest BCUT2D eigenvalue weighted by Crippen LogP contribution is 2.54. The molecule has 4 aromatic rings. The predicted molar refractivity (Wildman–Crippen MR) is 277 cm³/mol. The monoisotopic (exact) mass is 1170 g/mol. The predicted octanol–water partition coefficient (Wildman–Crippen LogP) is 3.33. The molecule has 3 aliphatic rings. The third-order valence-electron chi connectivity index (χ3n) is 13.9. The highest BCUT2D eigenvalue weighted by atomic mass is 32.2. The maximum atomic E-state index is 12.7. The van der Waals surface area contributed by atoms with E-state index in [0.717, 1.165) is 29.2 Å². The maximum absolute atomic E-state index is 12.7. The molecule has 1 unspecified atom stereocenters. The molecule has 0 aromatic heterocycles. The fraction of sp³-hybridized carbons (Fsp3) is 0.360. The average molecular weight is 1170 g/mol. The molecule has 0 spiro atoms. The number of allylic oxidation sites excluding steroid dienone is 6. The number of benzene rings is 4. The highest BCUT2D eigenvalue weighted by Gasteiger charge is 2.47. The van der Waals surface area contributed by atoms with Crippen LogP contribution < -0.4 is 10.2 Å². The highest BCUT2D eigenvalue weighted by molar-refractivity contribution is 7.87. The minimum Gasteiger partial charge on any atom is -0.748 e. The molecule has 0 fully saturated rings. The molecular formula is C50H52N4O19S5-4. The smallest absolute Gasteiger partial charge is 0.253 e.